The van der Waals surface area contributed by atoms with Crippen LogP contribution in [0.1, 0.15) is 39.0 Å². The Hall–Kier alpha value is -0.0800. The summed E-state index contributed by atoms with van der Waals surface area (Å²) < 4.78 is 0. The topological polar surface area (TPSA) is 23.5 Å². The van der Waals surface area contributed by atoms with Crippen LogP contribution in [0.25, 0.3) is 0 Å². The Balaban J connectivity index is 1.79. The van der Waals surface area contributed by atoms with Gasteiger partial charge in [0.05, 0.1) is 5.60 Å². The molecule has 1 saturated heterocycles. The summed E-state index contributed by atoms with van der Waals surface area (Å²) in [5, 5.41) is 9.90. The molecule has 0 aromatic rings. The van der Waals surface area contributed by atoms with E-state index in [0.29, 0.717) is 0 Å². The highest BCUT2D eigenvalue weighted by molar-refractivity contribution is 4.82. The van der Waals surface area contributed by atoms with Crippen LogP contribution in [-0.2, 0) is 0 Å². The van der Waals surface area contributed by atoms with E-state index in [1.807, 2.05) is 6.92 Å². The van der Waals surface area contributed by atoms with Crippen LogP contribution in [0.15, 0.2) is 0 Å². The summed E-state index contributed by atoms with van der Waals surface area (Å²) in [6.45, 7) is 5.57. The smallest absolute Gasteiger partial charge is 0.0632 e. The SMILES string of the molecule is CC1(O)CCCN(CC2CC2)CC1. The maximum Gasteiger partial charge on any atom is 0.0632 e. The maximum absolute atomic E-state index is 9.90. The first-order chi connectivity index (χ1) is 6.16. The second kappa shape index (κ2) is 3.58. The van der Waals surface area contributed by atoms with Crippen molar-refractivity contribution in [2.75, 3.05) is 19.6 Å². The van der Waals surface area contributed by atoms with Gasteiger partial charge in [0.15, 0.2) is 0 Å². The van der Waals surface area contributed by atoms with Crippen molar-refractivity contribution < 1.29 is 5.11 Å². The summed E-state index contributed by atoms with van der Waals surface area (Å²) in [7, 11) is 0. The molecule has 0 amide bonds. The summed E-state index contributed by atoms with van der Waals surface area (Å²) in [4.78, 5) is 2.54. The molecule has 13 heavy (non-hydrogen) atoms. The minimum atomic E-state index is -0.391. The third-order valence-electron chi connectivity index (χ3n) is 3.37. The van der Waals surface area contributed by atoms with Crippen molar-refractivity contribution in [1.29, 1.82) is 0 Å². The molecule has 2 heteroatoms. The lowest BCUT2D eigenvalue weighted by atomic mass is 9.98. The molecule has 2 nitrogen and oxygen atoms in total. The average Bonchev–Trinajstić information content (AvgIpc) is 2.83. The van der Waals surface area contributed by atoms with Crippen molar-refractivity contribution in [3.05, 3.63) is 0 Å². The van der Waals surface area contributed by atoms with E-state index in [4.69, 9.17) is 0 Å². The van der Waals surface area contributed by atoms with Crippen LogP contribution in [0.4, 0.5) is 0 Å². The van der Waals surface area contributed by atoms with Gasteiger partial charge in [0, 0.05) is 13.1 Å². The molecule has 1 N–H and O–H groups in total. The van der Waals surface area contributed by atoms with Gasteiger partial charge in [-0.3, -0.25) is 0 Å². The fourth-order valence-corrected chi connectivity index (χ4v) is 2.17. The van der Waals surface area contributed by atoms with E-state index in [-0.39, 0.29) is 0 Å². The molecule has 1 unspecified atom stereocenters. The number of nitrogens with zero attached hydrogens (tertiary/aromatic N) is 1. The highest BCUT2D eigenvalue weighted by Crippen LogP contribution is 2.31. The number of hydrogen-bond acceptors (Lipinski definition) is 2. The Bertz CT molecular complexity index is 175. The van der Waals surface area contributed by atoms with Gasteiger partial charge in [-0.1, -0.05) is 0 Å². The Morgan fingerprint density at radius 1 is 1.31 bits per heavy atom. The Labute approximate surface area is 80.9 Å². The molecule has 1 aliphatic carbocycles. The fourth-order valence-electron chi connectivity index (χ4n) is 2.17. The van der Waals surface area contributed by atoms with Crippen LogP contribution in [-0.4, -0.2) is 35.2 Å². The molecule has 1 atom stereocenters. The standard InChI is InChI=1S/C11H21NO/c1-11(13)5-2-7-12(8-6-11)9-10-3-4-10/h10,13H,2-9H2,1H3. The minimum Gasteiger partial charge on any atom is -0.390 e. The summed E-state index contributed by atoms with van der Waals surface area (Å²) in [6.07, 6.45) is 5.98. The minimum absolute atomic E-state index is 0.391. The Morgan fingerprint density at radius 2 is 2.08 bits per heavy atom. The first-order valence-corrected chi connectivity index (χ1v) is 5.60. The lowest BCUT2D eigenvalue weighted by Crippen LogP contribution is -2.29. The summed E-state index contributed by atoms with van der Waals surface area (Å²) in [5.41, 5.74) is -0.391. The van der Waals surface area contributed by atoms with Crippen LogP contribution in [0, 0.1) is 5.92 Å². The lowest BCUT2D eigenvalue weighted by Gasteiger charge is -2.22. The summed E-state index contributed by atoms with van der Waals surface area (Å²) in [5.74, 6) is 0.989. The predicted octanol–water partition coefficient (Wildman–Crippen LogP) is 1.63. The predicted molar refractivity (Wildman–Crippen MR) is 53.6 cm³/mol. The van der Waals surface area contributed by atoms with Gasteiger partial charge in [-0.15, -0.1) is 0 Å². The van der Waals surface area contributed by atoms with Crippen molar-refractivity contribution in [3.8, 4) is 0 Å². The van der Waals surface area contributed by atoms with Gasteiger partial charge in [0.25, 0.3) is 0 Å². The molecular formula is C11H21NO. The number of rotatable bonds is 2. The fraction of sp³-hybridized carbons (Fsp3) is 1.00. The molecule has 0 radical (unpaired) electrons. The van der Waals surface area contributed by atoms with Gasteiger partial charge in [-0.05, 0) is 51.5 Å². The zero-order valence-corrected chi connectivity index (χ0v) is 8.63. The Kier molecular flexibility index (Phi) is 2.61. The molecule has 2 aliphatic rings. The second-order valence-electron chi connectivity index (χ2n) is 5.09. The second-order valence-corrected chi connectivity index (χ2v) is 5.09. The van der Waals surface area contributed by atoms with Gasteiger partial charge in [-0.25, -0.2) is 0 Å². The quantitative estimate of drug-likeness (QED) is 0.703. The van der Waals surface area contributed by atoms with Crippen LogP contribution < -0.4 is 0 Å². The highest BCUT2D eigenvalue weighted by atomic mass is 16.3. The summed E-state index contributed by atoms with van der Waals surface area (Å²) in [6, 6.07) is 0. The lowest BCUT2D eigenvalue weighted by molar-refractivity contribution is 0.0445. The molecule has 2 rings (SSSR count). The maximum atomic E-state index is 9.90. The van der Waals surface area contributed by atoms with E-state index in [1.54, 1.807) is 0 Å². The van der Waals surface area contributed by atoms with E-state index in [0.717, 1.165) is 25.3 Å². The third kappa shape index (κ3) is 2.96. The van der Waals surface area contributed by atoms with E-state index in [2.05, 4.69) is 4.90 Å². The van der Waals surface area contributed by atoms with Crippen molar-refractivity contribution >= 4 is 0 Å². The van der Waals surface area contributed by atoms with E-state index in [9.17, 15) is 5.11 Å². The van der Waals surface area contributed by atoms with Crippen LogP contribution >= 0.6 is 0 Å². The van der Waals surface area contributed by atoms with E-state index < -0.39 is 5.60 Å². The number of hydrogen-bond donors (Lipinski definition) is 1. The zero-order chi connectivity index (χ0) is 9.31. The molecular weight excluding hydrogens is 162 g/mol. The molecule has 1 aliphatic heterocycles. The van der Waals surface area contributed by atoms with Gasteiger partial charge in [0.1, 0.15) is 0 Å². The normalized spacial score (nSPS) is 37.4. The molecule has 0 aromatic carbocycles. The van der Waals surface area contributed by atoms with Gasteiger partial charge in [0.2, 0.25) is 0 Å². The van der Waals surface area contributed by atoms with Crippen LogP contribution in [0.5, 0.6) is 0 Å². The molecule has 1 saturated carbocycles. The Morgan fingerprint density at radius 3 is 2.77 bits per heavy atom. The zero-order valence-electron chi connectivity index (χ0n) is 8.63. The molecule has 2 fully saturated rings. The molecule has 0 aromatic heterocycles. The van der Waals surface area contributed by atoms with Crippen molar-refractivity contribution in [3.63, 3.8) is 0 Å². The van der Waals surface area contributed by atoms with Gasteiger partial charge in [-0.2, -0.15) is 0 Å². The average molecular weight is 183 g/mol. The van der Waals surface area contributed by atoms with Crippen molar-refractivity contribution in [2.24, 2.45) is 5.92 Å². The molecule has 76 valence electrons. The third-order valence-corrected chi connectivity index (χ3v) is 3.37. The van der Waals surface area contributed by atoms with Crippen molar-refractivity contribution in [1.82, 2.24) is 4.90 Å². The largest absolute Gasteiger partial charge is 0.390 e. The molecule has 1 heterocycles. The van der Waals surface area contributed by atoms with E-state index in [1.165, 1.54) is 32.4 Å². The molecule has 0 spiro atoms. The monoisotopic (exact) mass is 183 g/mol. The first-order valence-electron chi connectivity index (χ1n) is 5.60. The first kappa shape index (κ1) is 9.47. The number of likely N-dealkylation sites (tertiary alicyclic amines) is 1. The number of aliphatic hydroxyl groups is 1. The highest BCUT2D eigenvalue weighted by Gasteiger charge is 2.28. The van der Waals surface area contributed by atoms with Crippen LogP contribution in [0.2, 0.25) is 0 Å². The van der Waals surface area contributed by atoms with E-state index >= 15 is 0 Å². The van der Waals surface area contributed by atoms with Gasteiger partial charge < -0.3 is 10.0 Å². The molecule has 0 bridgehead atoms. The van der Waals surface area contributed by atoms with Gasteiger partial charge >= 0.3 is 0 Å². The summed E-state index contributed by atoms with van der Waals surface area (Å²) >= 11 is 0. The van der Waals surface area contributed by atoms with Crippen LogP contribution in [0.3, 0.4) is 0 Å². The van der Waals surface area contributed by atoms with Crippen molar-refractivity contribution in [2.45, 2.75) is 44.6 Å².